The molecule has 0 aromatic heterocycles. The number of carboxylic acid groups (broad SMARTS) is 1. The highest BCUT2D eigenvalue weighted by molar-refractivity contribution is 5.75. The van der Waals surface area contributed by atoms with Crippen LogP contribution in [0.5, 0.6) is 5.75 Å². The van der Waals surface area contributed by atoms with Gasteiger partial charge in [-0.1, -0.05) is 6.07 Å². The average molecular weight is 207 g/mol. The van der Waals surface area contributed by atoms with Gasteiger partial charge in [-0.3, -0.25) is 4.79 Å². The van der Waals surface area contributed by atoms with Crippen LogP contribution in [0.3, 0.4) is 0 Å². The molecule has 3 N–H and O–H groups in total. The second-order valence-corrected chi connectivity index (χ2v) is 3.74. The molecule has 4 heteroatoms. The van der Waals surface area contributed by atoms with Crippen LogP contribution in [0.25, 0.3) is 0 Å². The summed E-state index contributed by atoms with van der Waals surface area (Å²) in [5.41, 5.74) is 8.22. The first-order valence-corrected chi connectivity index (χ1v) is 4.84. The van der Waals surface area contributed by atoms with Gasteiger partial charge in [0.05, 0.1) is 6.61 Å². The van der Waals surface area contributed by atoms with Gasteiger partial charge in [0.25, 0.3) is 0 Å². The van der Waals surface area contributed by atoms with Gasteiger partial charge in [0.1, 0.15) is 11.8 Å². The van der Waals surface area contributed by atoms with E-state index in [9.17, 15) is 4.79 Å². The van der Waals surface area contributed by atoms with Gasteiger partial charge in [0.2, 0.25) is 0 Å². The second kappa shape index (κ2) is 3.55. The Hall–Kier alpha value is -1.55. The highest BCUT2D eigenvalue weighted by Crippen LogP contribution is 2.31. The van der Waals surface area contributed by atoms with Crippen LogP contribution in [0.15, 0.2) is 12.1 Å². The van der Waals surface area contributed by atoms with Gasteiger partial charge >= 0.3 is 5.97 Å². The molecule has 0 amide bonds. The minimum Gasteiger partial charge on any atom is -0.493 e. The molecule has 0 saturated heterocycles. The molecule has 0 fully saturated rings. The van der Waals surface area contributed by atoms with Gasteiger partial charge < -0.3 is 15.6 Å². The lowest BCUT2D eigenvalue weighted by Crippen LogP contribution is -2.20. The zero-order chi connectivity index (χ0) is 11.0. The zero-order valence-corrected chi connectivity index (χ0v) is 8.49. The fourth-order valence-corrected chi connectivity index (χ4v) is 1.85. The van der Waals surface area contributed by atoms with Crippen molar-refractivity contribution >= 4 is 5.97 Å². The number of nitrogens with two attached hydrogens (primary N) is 1. The summed E-state index contributed by atoms with van der Waals surface area (Å²) in [6.45, 7) is 2.57. The molecule has 1 atom stereocenters. The van der Waals surface area contributed by atoms with Gasteiger partial charge in [-0.05, 0) is 29.7 Å². The summed E-state index contributed by atoms with van der Waals surface area (Å²) in [4.78, 5) is 10.8. The van der Waals surface area contributed by atoms with E-state index in [4.69, 9.17) is 15.6 Å². The highest BCUT2D eigenvalue weighted by Gasteiger charge is 2.20. The van der Waals surface area contributed by atoms with Gasteiger partial charge in [0.15, 0.2) is 0 Å². The van der Waals surface area contributed by atoms with Gasteiger partial charge in [0, 0.05) is 6.42 Å². The van der Waals surface area contributed by atoms with E-state index < -0.39 is 12.0 Å². The first kappa shape index (κ1) is 9.98. The monoisotopic (exact) mass is 207 g/mol. The maximum absolute atomic E-state index is 10.8. The fourth-order valence-electron chi connectivity index (χ4n) is 1.85. The van der Waals surface area contributed by atoms with Crippen LogP contribution in [0, 0.1) is 6.92 Å². The lowest BCUT2D eigenvalue weighted by Gasteiger charge is -2.10. The quantitative estimate of drug-likeness (QED) is 0.759. The van der Waals surface area contributed by atoms with Crippen molar-refractivity contribution in [3.05, 3.63) is 28.8 Å². The van der Waals surface area contributed by atoms with Crippen molar-refractivity contribution in [3.8, 4) is 5.75 Å². The molecule has 15 heavy (non-hydrogen) atoms. The maximum atomic E-state index is 10.8. The minimum absolute atomic E-state index is 0.643. The van der Waals surface area contributed by atoms with Crippen molar-refractivity contribution < 1.29 is 14.6 Å². The van der Waals surface area contributed by atoms with Crippen LogP contribution in [-0.4, -0.2) is 17.7 Å². The lowest BCUT2D eigenvalue weighted by atomic mass is 10.00. The molecule has 1 heterocycles. The van der Waals surface area contributed by atoms with Gasteiger partial charge in [-0.2, -0.15) is 0 Å². The van der Waals surface area contributed by atoms with Crippen LogP contribution in [0.1, 0.15) is 22.7 Å². The third kappa shape index (κ3) is 1.68. The standard InChI is InChI=1S/C11H13NO3/c1-6-4-8(9(12)11(13)14)5-7-2-3-15-10(6)7/h4-5,9H,2-3,12H2,1H3,(H,13,14). The number of hydrogen-bond acceptors (Lipinski definition) is 3. The van der Waals surface area contributed by atoms with E-state index in [1.807, 2.05) is 13.0 Å². The van der Waals surface area contributed by atoms with Crippen LogP contribution in [0.2, 0.25) is 0 Å². The normalized spacial score (nSPS) is 15.6. The molecule has 0 bridgehead atoms. The van der Waals surface area contributed by atoms with E-state index in [0.29, 0.717) is 12.2 Å². The summed E-state index contributed by atoms with van der Waals surface area (Å²) in [7, 11) is 0. The van der Waals surface area contributed by atoms with Crippen LogP contribution in [-0.2, 0) is 11.2 Å². The first-order valence-electron chi connectivity index (χ1n) is 4.84. The number of hydrogen-bond donors (Lipinski definition) is 2. The number of rotatable bonds is 2. The first-order chi connectivity index (χ1) is 7.09. The third-order valence-corrected chi connectivity index (χ3v) is 2.62. The molecule has 0 aliphatic carbocycles. The maximum Gasteiger partial charge on any atom is 0.325 e. The van der Waals surface area contributed by atoms with Crippen LogP contribution in [0.4, 0.5) is 0 Å². The largest absolute Gasteiger partial charge is 0.493 e. The Labute approximate surface area is 87.7 Å². The van der Waals surface area contributed by atoms with E-state index >= 15 is 0 Å². The summed E-state index contributed by atoms with van der Waals surface area (Å²) in [6.07, 6.45) is 0.830. The Balaban J connectivity index is 2.43. The smallest absolute Gasteiger partial charge is 0.325 e. The second-order valence-electron chi connectivity index (χ2n) is 3.74. The SMILES string of the molecule is Cc1cc(C(N)C(=O)O)cc2c1OCC2. The van der Waals surface area contributed by atoms with E-state index in [-0.39, 0.29) is 0 Å². The highest BCUT2D eigenvalue weighted by atomic mass is 16.5. The minimum atomic E-state index is -1.01. The van der Waals surface area contributed by atoms with Crippen molar-refractivity contribution in [2.45, 2.75) is 19.4 Å². The van der Waals surface area contributed by atoms with E-state index in [1.165, 1.54) is 0 Å². The van der Waals surface area contributed by atoms with Crippen molar-refractivity contribution in [1.29, 1.82) is 0 Å². The van der Waals surface area contributed by atoms with Crippen LogP contribution < -0.4 is 10.5 Å². The van der Waals surface area contributed by atoms with Crippen LogP contribution >= 0.6 is 0 Å². The Bertz CT molecular complexity index is 415. The Morgan fingerprint density at radius 1 is 1.60 bits per heavy atom. The summed E-state index contributed by atoms with van der Waals surface area (Å²) in [5, 5.41) is 8.82. The molecule has 1 unspecified atom stereocenters. The van der Waals surface area contributed by atoms with E-state index in [2.05, 4.69) is 0 Å². The third-order valence-electron chi connectivity index (χ3n) is 2.62. The molecule has 2 rings (SSSR count). The molecule has 0 spiro atoms. The molecule has 80 valence electrons. The molecular formula is C11H13NO3. The molecule has 1 aliphatic heterocycles. The zero-order valence-electron chi connectivity index (χ0n) is 8.49. The molecule has 1 aromatic carbocycles. The number of aliphatic carboxylic acids is 1. The molecular weight excluding hydrogens is 194 g/mol. The molecule has 1 aliphatic rings. The van der Waals surface area contributed by atoms with Crippen molar-refractivity contribution in [1.82, 2.24) is 0 Å². The van der Waals surface area contributed by atoms with Gasteiger partial charge in [-0.25, -0.2) is 0 Å². The Morgan fingerprint density at radius 3 is 3.00 bits per heavy atom. The molecule has 0 saturated carbocycles. The fraction of sp³-hybridized carbons (Fsp3) is 0.364. The van der Waals surface area contributed by atoms with Crippen molar-refractivity contribution in [3.63, 3.8) is 0 Å². The summed E-state index contributed by atoms with van der Waals surface area (Å²) in [5.74, 6) is -0.121. The predicted octanol–water partition coefficient (Wildman–Crippen LogP) is 1.01. The summed E-state index contributed by atoms with van der Waals surface area (Å²) < 4.78 is 5.44. The summed E-state index contributed by atoms with van der Waals surface area (Å²) >= 11 is 0. The van der Waals surface area contributed by atoms with Gasteiger partial charge in [-0.15, -0.1) is 0 Å². The van der Waals surface area contributed by atoms with Crippen molar-refractivity contribution in [2.75, 3.05) is 6.61 Å². The molecule has 1 aromatic rings. The average Bonchev–Trinajstić information content (AvgIpc) is 2.64. The number of carboxylic acids is 1. The van der Waals surface area contributed by atoms with E-state index in [0.717, 1.165) is 23.3 Å². The van der Waals surface area contributed by atoms with Crippen molar-refractivity contribution in [2.24, 2.45) is 5.73 Å². The number of fused-ring (bicyclic) bond motifs is 1. The predicted molar refractivity (Wildman–Crippen MR) is 54.9 cm³/mol. The number of ether oxygens (including phenoxy) is 1. The Morgan fingerprint density at radius 2 is 2.33 bits per heavy atom. The lowest BCUT2D eigenvalue weighted by molar-refractivity contribution is -0.138. The number of benzene rings is 1. The Kier molecular flexibility index (Phi) is 2.36. The molecule has 0 radical (unpaired) electrons. The molecule has 4 nitrogen and oxygen atoms in total. The number of carbonyl (C=O) groups is 1. The van der Waals surface area contributed by atoms with E-state index in [1.54, 1.807) is 6.07 Å². The topological polar surface area (TPSA) is 72.6 Å². The summed E-state index contributed by atoms with van der Waals surface area (Å²) in [6, 6.07) is 2.66. The number of aryl methyl sites for hydroxylation is 1.